The topological polar surface area (TPSA) is 82.4 Å². The summed E-state index contributed by atoms with van der Waals surface area (Å²) in [7, 11) is 1.53. The summed E-state index contributed by atoms with van der Waals surface area (Å²) in [6.45, 7) is 4.19. The van der Waals surface area contributed by atoms with E-state index in [1.165, 1.54) is 12.0 Å². The molecule has 1 atom stereocenters. The number of ether oxygens (including phenoxy) is 1. The third-order valence-electron chi connectivity index (χ3n) is 2.06. The van der Waals surface area contributed by atoms with Crippen molar-refractivity contribution in [3.05, 3.63) is 0 Å². The van der Waals surface area contributed by atoms with E-state index in [1.54, 1.807) is 19.9 Å². The van der Waals surface area contributed by atoms with E-state index in [4.69, 9.17) is 10.00 Å². The summed E-state index contributed by atoms with van der Waals surface area (Å²) in [5.74, 6) is -1.39. The van der Waals surface area contributed by atoms with Crippen molar-refractivity contribution in [2.45, 2.75) is 19.9 Å². The van der Waals surface area contributed by atoms with E-state index in [9.17, 15) is 9.59 Å². The van der Waals surface area contributed by atoms with E-state index in [0.29, 0.717) is 13.2 Å². The maximum Gasteiger partial charge on any atom is 0.312 e. The molecule has 0 radical (unpaired) electrons. The lowest BCUT2D eigenvalue weighted by Gasteiger charge is -2.26. The number of rotatable bonds is 5. The van der Waals surface area contributed by atoms with Gasteiger partial charge < -0.3 is 15.0 Å². The Balaban J connectivity index is 4.41. The second kappa shape index (κ2) is 7.65. The molecule has 1 unspecified atom stereocenters. The van der Waals surface area contributed by atoms with Gasteiger partial charge in [-0.2, -0.15) is 5.26 Å². The zero-order valence-electron chi connectivity index (χ0n) is 9.82. The molecule has 0 spiro atoms. The summed E-state index contributed by atoms with van der Waals surface area (Å²) in [5.41, 5.74) is 0. The first-order valence-electron chi connectivity index (χ1n) is 5.03. The number of methoxy groups -OCH3 is 1. The van der Waals surface area contributed by atoms with Crippen molar-refractivity contribution in [1.29, 1.82) is 5.26 Å². The third kappa shape index (κ3) is 4.28. The van der Waals surface area contributed by atoms with Crippen LogP contribution in [0.15, 0.2) is 0 Å². The number of nitrogens with one attached hydrogen (secondary N) is 1. The highest BCUT2D eigenvalue weighted by Crippen LogP contribution is 2.00. The fraction of sp³-hybridized carbons (Fsp3) is 0.700. The molecule has 0 aromatic rings. The predicted molar refractivity (Wildman–Crippen MR) is 57.3 cm³/mol. The van der Waals surface area contributed by atoms with Crippen molar-refractivity contribution in [2.24, 2.45) is 0 Å². The molecule has 0 aliphatic carbocycles. The molecule has 1 N–H and O–H groups in total. The minimum Gasteiger partial charge on any atom is -0.383 e. The van der Waals surface area contributed by atoms with E-state index >= 15 is 0 Å². The first kappa shape index (κ1) is 14.4. The van der Waals surface area contributed by atoms with Crippen LogP contribution in [0, 0.1) is 11.3 Å². The quantitative estimate of drug-likeness (QED) is 0.507. The number of amides is 2. The van der Waals surface area contributed by atoms with Crippen LogP contribution in [0.5, 0.6) is 0 Å². The molecule has 0 rings (SSSR count). The highest BCUT2D eigenvalue weighted by Gasteiger charge is 2.24. The molecule has 2 amide bonds. The average Bonchev–Trinajstić information content (AvgIpc) is 2.27. The molecule has 16 heavy (non-hydrogen) atoms. The van der Waals surface area contributed by atoms with Crippen LogP contribution in [0.3, 0.4) is 0 Å². The number of hydrogen-bond acceptors (Lipinski definition) is 4. The summed E-state index contributed by atoms with van der Waals surface area (Å²) in [5, 5.41) is 10.5. The van der Waals surface area contributed by atoms with E-state index in [2.05, 4.69) is 5.32 Å². The highest BCUT2D eigenvalue weighted by atomic mass is 16.5. The summed E-state index contributed by atoms with van der Waals surface area (Å²) >= 11 is 0. The van der Waals surface area contributed by atoms with Gasteiger partial charge in [-0.15, -0.1) is 0 Å². The normalized spacial score (nSPS) is 11.4. The van der Waals surface area contributed by atoms with Gasteiger partial charge in [0.05, 0.1) is 18.7 Å². The van der Waals surface area contributed by atoms with Crippen molar-refractivity contribution in [3.63, 3.8) is 0 Å². The summed E-state index contributed by atoms with van der Waals surface area (Å²) < 4.78 is 4.92. The monoisotopic (exact) mass is 227 g/mol. The summed E-state index contributed by atoms with van der Waals surface area (Å²) in [6.07, 6.45) is 0. The first-order valence-corrected chi connectivity index (χ1v) is 5.03. The number of carbonyl (C=O) groups is 2. The summed E-state index contributed by atoms with van der Waals surface area (Å²) in [6, 6.07) is 1.57. The molecule has 6 heteroatoms. The van der Waals surface area contributed by atoms with Crippen LogP contribution in [0.25, 0.3) is 0 Å². The van der Waals surface area contributed by atoms with Crippen molar-refractivity contribution in [2.75, 3.05) is 26.8 Å². The van der Waals surface area contributed by atoms with Crippen molar-refractivity contribution in [3.8, 4) is 6.07 Å². The molecule has 0 aliphatic rings. The van der Waals surface area contributed by atoms with Crippen LogP contribution in [0.1, 0.15) is 13.8 Å². The molecule has 0 saturated carbocycles. The van der Waals surface area contributed by atoms with Gasteiger partial charge in [0, 0.05) is 13.7 Å². The number of nitrogens with zero attached hydrogens (tertiary/aromatic N) is 2. The lowest BCUT2D eigenvalue weighted by molar-refractivity contribution is -0.147. The van der Waals surface area contributed by atoms with E-state index in [1.807, 2.05) is 0 Å². The zero-order valence-corrected chi connectivity index (χ0v) is 9.82. The minimum atomic E-state index is -0.758. The highest BCUT2D eigenvalue weighted by molar-refractivity contribution is 6.35. The SMILES string of the molecule is CCN(C(=O)C(=O)NCC#N)C(C)COC. The maximum atomic E-state index is 11.6. The second-order valence-electron chi connectivity index (χ2n) is 3.24. The van der Waals surface area contributed by atoms with Gasteiger partial charge in [0.1, 0.15) is 6.54 Å². The van der Waals surface area contributed by atoms with Crippen LogP contribution in [0.2, 0.25) is 0 Å². The Morgan fingerprint density at radius 2 is 2.19 bits per heavy atom. The van der Waals surface area contributed by atoms with Crippen LogP contribution in [-0.2, 0) is 14.3 Å². The fourth-order valence-electron chi connectivity index (χ4n) is 1.31. The Morgan fingerprint density at radius 3 is 2.62 bits per heavy atom. The molecule has 0 bridgehead atoms. The van der Waals surface area contributed by atoms with Gasteiger partial charge in [-0.25, -0.2) is 0 Å². The van der Waals surface area contributed by atoms with Gasteiger partial charge in [0.2, 0.25) is 0 Å². The van der Waals surface area contributed by atoms with Crippen molar-refractivity contribution in [1.82, 2.24) is 10.2 Å². The second-order valence-corrected chi connectivity index (χ2v) is 3.24. The van der Waals surface area contributed by atoms with Crippen LogP contribution >= 0.6 is 0 Å². The largest absolute Gasteiger partial charge is 0.383 e. The first-order chi connectivity index (χ1) is 7.58. The standard InChI is InChI=1S/C10H17N3O3/c1-4-13(8(2)7-16-3)10(15)9(14)12-6-5-11/h8H,4,6-7H2,1-3H3,(H,12,14). The maximum absolute atomic E-state index is 11.6. The smallest absolute Gasteiger partial charge is 0.312 e. The number of carbonyl (C=O) groups excluding carboxylic acids is 2. The third-order valence-corrected chi connectivity index (χ3v) is 2.06. The minimum absolute atomic E-state index is 0.166. The fourth-order valence-corrected chi connectivity index (χ4v) is 1.31. The molecular weight excluding hydrogens is 210 g/mol. The van der Waals surface area contributed by atoms with Gasteiger partial charge >= 0.3 is 11.8 Å². The lowest BCUT2D eigenvalue weighted by Crippen LogP contribution is -2.48. The molecule has 0 heterocycles. The number of likely N-dealkylation sites (N-methyl/N-ethyl adjacent to an activating group) is 1. The molecule has 0 fully saturated rings. The van der Waals surface area contributed by atoms with Gasteiger partial charge in [-0.05, 0) is 13.8 Å². The van der Waals surface area contributed by atoms with Crippen LogP contribution in [-0.4, -0.2) is 49.6 Å². The average molecular weight is 227 g/mol. The van der Waals surface area contributed by atoms with Crippen LogP contribution in [0.4, 0.5) is 0 Å². The molecular formula is C10H17N3O3. The Morgan fingerprint density at radius 1 is 1.56 bits per heavy atom. The summed E-state index contributed by atoms with van der Waals surface area (Å²) in [4.78, 5) is 24.4. The molecule has 6 nitrogen and oxygen atoms in total. The molecule has 0 saturated heterocycles. The van der Waals surface area contributed by atoms with Gasteiger partial charge in [-0.3, -0.25) is 9.59 Å². The molecule has 90 valence electrons. The van der Waals surface area contributed by atoms with E-state index in [-0.39, 0.29) is 12.6 Å². The Bertz CT molecular complexity index is 286. The van der Waals surface area contributed by atoms with Crippen molar-refractivity contribution >= 4 is 11.8 Å². The van der Waals surface area contributed by atoms with Gasteiger partial charge in [0.15, 0.2) is 0 Å². The van der Waals surface area contributed by atoms with Crippen molar-refractivity contribution < 1.29 is 14.3 Å². The van der Waals surface area contributed by atoms with E-state index < -0.39 is 11.8 Å². The molecule has 0 aromatic heterocycles. The number of hydrogen-bond donors (Lipinski definition) is 1. The number of nitriles is 1. The Kier molecular flexibility index (Phi) is 6.88. The predicted octanol–water partition coefficient (Wildman–Crippen LogP) is -0.490. The van der Waals surface area contributed by atoms with Gasteiger partial charge in [0.25, 0.3) is 0 Å². The van der Waals surface area contributed by atoms with Crippen LogP contribution < -0.4 is 5.32 Å². The zero-order chi connectivity index (χ0) is 12.6. The molecule has 0 aromatic carbocycles. The Hall–Kier alpha value is -1.61. The lowest BCUT2D eigenvalue weighted by atomic mass is 10.3. The van der Waals surface area contributed by atoms with Gasteiger partial charge in [-0.1, -0.05) is 0 Å². The molecule has 0 aliphatic heterocycles. The Labute approximate surface area is 95.2 Å². The van der Waals surface area contributed by atoms with E-state index in [0.717, 1.165) is 0 Å².